The van der Waals surface area contributed by atoms with Crippen molar-refractivity contribution in [3.05, 3.63) is 54.1 Å². The molecule has 2 amide bonds. The zero-order valence-corrected chi connectivity index (χ0v) is 12.9. The van der Waals surface area contributed by atoms with Crippen LogP contribution in [-0.4, -0.2) is 18.4 Å². The summed E-state index contributed by atoms with van der Waals surface area (Å²) in [5.41, 5.74) is 2.45. The fourth-order valence-corrected chi connectivity index (χ4v) is 2.47. The molecule has 0 radical (unpaired) electrons. The van der Waals surface area contributed by atoms with E-state index in [1.54, 1.807) is 30.0 Å². The van der Waals surface area contributed by atoms with Crippen LogP contribution in [0.4, 0.5) is 11.4 Å². The number of hydrogen-bond acceptors (Lipinski definition) is 3. The lowest BCUT2D eigenvalue weighted by atomic mass is 10.1. The Bertz CT molecular complexity index is 728. The number of fused-ring (bicyclic) bond motifs is 1. The summed E-state index contributed by atoms with van der Waals surface area (Å²) in [4.78, 5) is 25.4. The molecule has 2 aromatic carbocycles. The van der Waals surface area contributed by atoms with Crippen molar-refractivity contribution in [1.29, 1.82) is 0 Å². The van der Waals surface area contributed by atoms with Crippen LogP contribution in [0.1, 0.15) is 18.9 Å². The fourth-order valence-electron chi connectivity index (χ4n) is 2.47. The molecular weight excluding hydrogens is 292 g/mol. The molecule has 0 spiro atoms. The van der Waals surface area contributed by atoms with E-state index in [0.717, 1.165) is 11.3 Å². The second-order valence-corrected chi connectivity index (χ2v) is 5.34. The maximum absolute atomic E-state index is 12.2. The first-order valence-corrected chi connectivity index (χ1v) is 7.58. The minimum atomic E-state index is -0.0771. The summed E-state index contributed by atoms with van der Waals surface area (Å²) in [6, 6.07) is 15.2. The molecule has 1 aliphatic rings. The summed E-state index contributed by atoms with van der Waals surface area (Å²) in [5.74, 6) is 0.471. The minimum Gasteiger partial charge on any atom is -0.481 e. The van der Waals surface area contributed by atoms with E-state index in [9.17, 15) is 9.59 Å². The summed E-state index contributed by atoms with van der Waals surface area (Å²) in [7, 11) is 0. The van der Waals surface area contributed by atoms with Gasteiger partial charge in [0.1, 0.15) is 5.75 Å². The maximum atomic E-state index is 12.2. The molecule has 5 heteroatoms. The number of hydrogen-bond donors (Lipinski definition) is 1. The molecule has 0 saturated heterocycles. The van der Waals surface area contributed by atoms with E-state index >= 15 is 0 Å². The molecule has 0 aromatic heterocycles. The molecule has 2 aromatic rings. The first-order chi connectivity index (χ1) is 11.2. The quantitative estimate of drug-likeness (QED) is 0.944. The Kier molecular flexibility index (Phi) is 4.28. The Morgan fingerprint density at radius 1 is 1.22 bits per heavy atom. The third-order valence-electron chi connectivity index (χ3n) is 3.69. The van der Waals surface area contributed by atoms with Gasteiger partial charge in [-0.3, -0.25) is 9.59 Å². The van der Waals surface area contributed by atoms with E-state index < -0.39 is 0 Å². The van der Waals surface area contributed by atoms with Gasteiger partial charge in [-0.25, -0.2) is 0 Å². The van der Waals surface area contributed by atoms with Crippen LogP contribution < -0.4 is 15.0 Å². The number of nitrogens with zero attached hydrogens (tertiary/aromatic N) is 1. The zero-order chi connectivity index (χ0) is 16.2. The first kappa shape index (κ1) is 15.1. The van der Waals surface area contributed by atoms with Crippen molar-refractivity contribution in [3.63, 3.8) is 0 Å². The number of nitrogens with one attached hydrogen (secondary N) is 1. The molecule has 0 saturated carbocycles. The lowest BCUT2D eigenvalue weighted by molar-refractivity contribution is -0.121. The van der Waals surface area contributed by atoms with Crippen LogP contribution in [0.5, 0.6) is 5.75 Å². The predicted octanol–water partition coefficient (Wildman–Crippen LogP) is 2.96. The van der Waals surface area contributed by atoms with Gasteiger partial charge in [-0.15, -0.1) is 0 Å². The summed E-state index contributed by atoms with van der Waals surface area (Å²) in [6.07, 6.45) is 0.413. The topological polar surface area (TPSA) is 58.6 Å². The first-order valence-electron chi connectivity index (χ1n) is 7.58. The van der Waals surface area contributed by atoms with E-state index in [4.69, 9.17) is 4.74 Å². The van der Waals surface area contributed by atoms with Crippen molar-refractivity contribution in [2.45, 2.75) is 19.9 Å². The Morgan fingerprint density at radius 3 is 2.74 bits per heavy atom. The van der Waals surface area contributed by atoms with Crippen LogP contribution in [0.15, 0.2) is 48.5 Å². The summed E-state index contributed by atoms with van der Waals surface area (Å²) in [6.45, 7) is 2.30. The van der Waals surface area contributed by atoms with Crippen molar-refractivity contribution in [1.82, 2.24) is 0 Å². The molecule has 1 heterocycles. The fraction of sp³-hybridized carbons (Fsp3) is 0.222. The molecule has 0 fully saturated rings. The number of carbonyl (C=O) groups excluding carboxylic acids is 2. The molecule has 3 rings (SSSR count). The molecule has 0 atom stereocenters. The third kappa shape index (κ3) is 3.34. The maximum Gasteiger partial charge on any atom is 0.265 e. The average Bonchev–Trinajstić information content (AvgIpc) is 2.58. The summed E-state index contributed by atoms with van der Waals surface area (Å²) < 4.78 is 5.52. The molecule has 1 N–H and O–H groups in total. The Labute approximate surface area is 134 Å². The van der Waals surface area contributed by atoms with Crippen LogP contribution in [0.25, 0.3) is 0 Å². The van der Waals surface area contributed by atoms with Gasteiger partial charge >= 0.3 is 0 Å². The molecule has 118 valence electrons. The van der Waals surface area contributed by atoms with Crippen molar-refractivity contribution < 1.29 is 14.3 Å². The van der Waals surface area contributed by atoms with Gasteiger partial charge in [0.15, 0.2) is 6.61 Å². The SMILES string of the molecule is CCC(=O)Nc1ccc2c(c1)OCC(=O)N2Cc1ccccc1. The number of ether oxygens (including phenoxy) is 1. The second-order valence-electron chi connectivity index (χ2n) is 5.34. The van der Waals surface area contributed by atoms with Gasteiger partial charge in [-0.2, -0.15) is 0 Å². The lowest BCUT2D eigenvalue weighted by Gasteiger charge is -2.29. The Balaban J connectivity index is 1.86. The van der Waals surface area contributed by atoms with Crippen molar-refractivity contribution in [2.75, 3.05) is 16.8 Å². The van der Waals surface area contributed by atoms with Crippen molar-refractivity contribution in [2.24, 2.45) is 0 Å². The van der Waals surface area contributed by atoms with Crippen LogP contribution in [0.3, 0.4) is 0 Å². The highest BCUT2D eigenvalue weighted by atomic mass is 16.5. The molecule has 0 aliphatic carbocycles. The standard InChI is InChI=1S/C18H18N2O3/c1-2-17(21)19-14-8-9-15-16(10-14)23-12-18(22)20(15)11-13-6-4-3-5-7-13/h3-10H,2,11-12H2,1H3,(H,19,21). The second kappa shape index (κ2) is 6.52. The zero-order valence-electron chi connectivity index (χ0n) is 12.9. The lowest BCUT2D eigenvalue weighted by Crippen LogP contribution is -2.38. The van der Waals surface area contributed by atoms with Gasteiger partial charge in [-0.1, -0.05) is 37.3 Å². The van der Waals surface area contributed by atoms with Crippen molar-refractivity contribution in [3.8, 4) is 5.75 Å². The van der Waals surface area contributed by atoms with Crippen molar-refractivity contribution >= 4 is 23.2 Å². The van der Waals surface area contributed by atoms with Gasteiger partial charge in [0, 0.05) is 18.2 Å². The molecule has 5 nitrogen and oxygen atoms in total. The molecule has 1 aliphatic heterocycles. The molecule has 0 unspecified atom stereocenters. The van der Waals surface area contributed by atoms with Gasteiger partial charge in [0.2, 0.25) is 5.91 Å². The Morgan fingerprint density at radius 2 is 2.00 bits per heavy atom. The monoisotopic (exact) mass is 310 g/mol. The number of benzene rings is 2. The van der Waals surface area contributed by atoms with Gasteiger partial charge in [-0.05, 0) is 17.7 Å². The third-order valence-corrected chi connectivity index (χ3v) is 3.69. The number of anilines is 2. The minimum absolute atomic E-state index is 0.00497. The summed E-state index contributed by atoms with van der Waals surface area (Å²) >= 11 is 0. The van der Waals surface area contributed by atoms with Crippen LogP contribution >= 0.6 is 0 Å². The molecule has 0 bridgehead atoms. The van der Waals surface area contributed by atoms with E-state index in [-0.39, 0.29) is 18.4 Å². The normalized spacial score (nSPS) is 13.3. The van der Waals surface area contributed by atoms with Gasteiger partial charge < -0.3 is 15.0 Å². The van der Waals surface area contributed by atoms with Crippen LogP contribution in [0.2, 0.25) is 0 Å². The molecular formula is C18H18N2O3. The molecule has 23 heavy (non-hydrogen) atoms. The highest BCUT2D eigenvalue weighted by Gasteiger charge is 2.25. The number of rotatable bonds is 4. The van der Waals surface area contributed by atoms with E-state index in [0.29, 0.717) is 24.4 Å². The van der Waals surface area contributed by atoms with E-state index in [1.807, 2.05) is 30.3 Å². The predicted molar refractivity (Wildman–Crippen MR) is 88.5 cm³/mol. The number of amides is 2. The largest absolute Gasteiger partial charge is 0.481 e. The highest BCUT2D eigenvalue weighted by Crippen LogP contribution is 2.35. The van der Waals surface area contributed by atoms with E-state index in [2.05, 4.69) is 5.32 Å². The average molecular weight is 310 g/mol. The van der Waals surface area contributed by atoms with Crippen LogP contribution in [-0.2, 0) is 16.1 Å². The number of carbonyl (C=O) groups is 2. The van der Waals surface area contributed by atoms with Crippen LogP contribution in [0, 0.1) is 0 Å². The van der Waals surface area contributed by atoms with E-state index in [1.165, 1.54) is 0 Å². The van der Waals surface area contributed by atoms with Gasteiger partial charge in [0.05, 0.1) is 12.2 Å². The Hall–Kier alpha value is -2.82. The smallest absolute Gasteiger partial charge is 0.265 e. The highest BCUT2D eigenvalue weighted by molar-refractivity contribution is 5.99. The van der Waals surface area contributed by atoms with Gasteiger partial charge in [0.25, 0.3) is 5.91 Å². The summed E-state index contributed by atoms with van der Waals surface area (Å²) in [5, 5.41) is 2.80.